The zero-order valence-electron chi connectivity index (χ0n) is 11.2. The van der Waals surface area contributed by atoms with Gasteiger partial charge in [-0.2, -0.15) is 8.42 Å². The van der Waals surface area contributed by atoms with Crippen LogP contribution >= 0.6 is 0 Å². The van der Waals surface area contributed by atoms with Crippen LogP contribution in [0.3, 0.4) is 0 Å². The van der Waals surface area contributed by atoms with Gasteiger partial charge in [0.15, 0.2) is 0 Å². The molecule has 9 heteroatoms. The molecule has 1 unspecified atom stereocenters. The Hall–Kier alpha value is -0.0600. The number of nitrogens with one attached hydrogen (secondary N) is 1. The second-order valence-electron chi connectivity index (χ2n) is 4.15. The van der Waals surface area contributed by atoms with Crippen LogP contribution in [0.2, 0.25) is 0 Å². The van der Waals surface area contributed by atoms with Crippen molar-refractivity contribution < 1.29 is 22.3 Å². The standard InChI is InChI=1S/C10H24N2O5S2/c1-2-3-5-8-11-19(16,17)12(18(14)15)9-6-4-7-10-13/h11,13H,2-10H2,1H3,(H,14,15). The van der Waals surface area contributed by atoms with Crippen molar-refractivity contribution in [3.05, 3.63) is 0 Å². The van der Waals surface area contributed by atoms with Gasteiger partial charge in [0.05, 0.1) is 0 Å². The van der Waals surface area contributed by atoms with E-state index in [1.807, 2.05) is 6.92 Å². The molecule has 0 aromatic heterocycles. The van der Waals surface area contributed by atoms with Crippen LogP contribution in [0.5, 0.6) is 0 Å². The summed E-state index contributed by atoms with van der Waals surface area (Å²) in [7, 11) is -3.92. The van der Waals surface area contributed by atoms with Crippen molar-refractivity contribution in [1.82, 2.24) is 8.43 Å². The van der Waals surface area contributed by atoms with Gasteiger partial charge in [0.25, 0.3) is 10.2 Å². The van der Waals surface area contributed by atoms with Crippen LogP contribution in [0.1, 0.15) is 45.4 Å². The summed E-state index contributed by atoms with van der Waals surface area (Å²) in [4.78, 5) is 0. The average Bonchev–Trinajstić information content (AvgIpc) is 2.34. The molecule has 7 nitrogen and oxygen atoms in total. The molecule has 116 valence electrons. The third-order valence-electron chi connectivity index (χ3n) is 2.51. The molecule has 1 atom stereocenters. The molecule has 0 amide bonds. The van der Waals surface area contributed by atoms with Crippen molar-refractivity contribution in [3.63, 3.8) is 0 Å². The molecule has 0 heterocycles. The fourth-order valence-electron chi connectivity index (χ4n) is 1.46. The summed E-state index contributed by atoms with van der Waals surface area (Å²) in [5, 5.41) is 8.61. The van der Waals surface area contributed by atoms with Crippen LogP contribution in [0.25, 0.3) is 0 Å². The second-order valence-corrected chi connectivity index (χ2v) is 6.96. The maximum atomic E-state index is 11.8. The lowest BCUT2D eigenvalue weighted by Gasteiger charge is -2.18. The van der Waals surface area contributed by atoms with Gasteiger partial charge in [0.2, 0.25) is 11.3 Å². The first-order valence-electron chi connectivity index (χ1n) is 6.44. The second kappa shape index (κ2) is 10.7. The van der Waals surface area contributed by atoms with Crippen molar-refractivity contribution in [1.29, 1.82) is 0 Å². The van der Waals surface area contributed by atoms with E-state index >= 15 is 0 Å². The number of hydrogen-bond donors (Lipinski definition) is 3. The third-order valence-corrected chi connectivity index (χ3v) is 5.30. The molecule has 0 fully saturated rings. The Morgan fingerprint density at radius 2 is 1.84 bits per heavy atom. The molecule has 0 aromatic rings. The molecule has 0 saturated heterocycles. The summed E-state index contributed by atoms with van der Waals surface area (Å²) in [6.45, 7) is 2.27. The van der Waals surface area contributed by atoms with Crippen LogP contribution < -0.4 is 4.72 Å². The topological polar surface area (TPSA) is 107 Å². The zero-order valence-corrected chi connectivity index (χ0v) is 12.9. The minimum Gasteiger partial charge on any atom is -0.396 e. The van der Waals surface area contributed by atoms with Gasteiger partial charge < -0.3 is 5.11 Å². The largest absolute Gasteiger partial charge is 0.396 e. The van der Waals surface area contributed by atoms with E-state index in [1.165, 1.54) is 0 Å². The molecule has 0 bridgehead atoms. The van der Waals surface area contributed by atoms with Crippen LogP contribution in [-0.4, -0.2) is 45.7 Å². The van der Waals surface area contributed by atoms with Crippen molar-refractivity contribution in [2.24, 2.45) is 0 Å². The third kappa shape index (κ3) is 8.66. The molecule has 0 aliphatic carbocycles. The van der Waals surface area contributed by atoms with E-state index in [2.05, 4.69) is 4.72 Å². The van der Waals surface area contributed by atoms with E-state index in [9.17, 15) is 12.6 Å². The van der Waals surface area contributed by atoms with Crippen LogP contribution in [0, 0.1) is 0 Å². The number of nitrogens with zero attached hydrogens (tertiary/aromatic N) is 1. The predicted molar refractivity (Wildman–Crippen MR) is 74.9 cm³/mol. The van der Waals surface area contributed by atoms with Gasteiger partial charge in [-0.15, -0.1) is 0 Å². The highest BCUT2D eigenvalue weighted by Gasteiger charge is 2.25. The summed E-state index contributed by atoms with van der Waals surface area (Å²) >= 11 is -2.57. The quantitative estimate of drug-likeness (QED) is 0.361. The highest BCUT2D eigenvalue weighted by molar-refractivity contribution is 7.98. The van der Waals surface area contributed by atoms with E-state index in [0.29, 0.717) is 29.4 Å². The fraction of sp³-hybridized carbons (Fsp3) is 1.00. The Morgan fingerprint density at radius 1 is 1.16 bits per heavy atom. The lowest BCUT2D eigenvalue weighted by atomic mass is 10.2. The molecular formula is C10H24N2O5S2. The van der Waals surface area contributed by atoms with Gasteiger partial charge in [0.1, 0.15) is 0 Å². The molecule has 0 aromatic carbocycles. The Kier molecular flexibility index (Phi) is 10.7. The number of hydrogen-bond acceptors (Lipinski definition) is 4. The van der Waals surface area contributed by atoms with Crippen LogP contribution in [0.4, 0.5) is 0 Å². The summed E-state index contributed by atoms with van der Waals surface area (Å²) in [5.74, 6) is 0. The minimum absolute atomic E-state index is 0.0320. The highest BCUT2D eigenvalue weighted by Crippen LogP contribution is 2.06. The van der Waals surface area contributed by atoms with Gasteiger partial charge in [-0.25, -0.2) is 8.93 Å². The van der Waals surface area contributed by atoms with Gasteiger partial charge in [-0.3, -0.25) is 4.55 Å². The lowest BCUT2D eigenvalue weighted by molar-refractivity contribution is 0.282. The zero-order chi connectivity index (χ0) is 14.7. The Morgan fingerprint density at radius 3 is 2.37 bits per heavy atom. The van der Waals surface area contributed by atoms with Gasteiger partial charge in [-0.05, 0) is 25.7 Å². The normalized spacial score (nSPS) is 13.9. The van der Waals surface area contributed by atoms with Gasteiger partial charge >= 0.3 is 0 Å². The molecular weight excluding hydrogens is 292 g/mol. The van der Waals surface area contributed by atoms with Crippen molar-refractivity contribution in [2.75, 3.05) is 19.7 Å². The highest BCUT2D eigenvalue weighted by atomic mass is 32.3. The van der Waals surface area contributed by atoms with E-state index < -0.39 is 21.5 Å². The average molecular weight is 316 g/mol. The maximum Gasteiger partial charge on any atom is 0.292 e. The molecule has 3 N–H and O–H groups in total. The molecule has 19 heavy (non-hydrogen) atoms. The number of rotatable bonds is 12. The first-order valence-corrected chi connectivity index (χ1v) is 8.95. The Bertz CT molecular complexity index is 348. The van der Waals surface area contributed by atoms with E-state index in [4.69, 9.17) is 9.66 Å². The summed E-state index contributed by atoms with van der Waals surface area (Å²) in [5.41, 5.74) is 0. The first-order chi connectivity index (χ1) is 8.95. The first kappa shape index (κ1) is 18.9. The number of aliphatic hydroxyl groups is 1. The fourth-order valence-corrected chi connectivity index (χ4v) is 3.49. The summed E-state index contributed by atoms with van der Waals surface area (Å²) < 4.78 is 46.6. The summed E-state index contributed by atoms with van der Waals surface area (Å²) in [6, 6.07) is 0. The number of aliphatic hydroxyl groups excluding tert-OH is 1. The Labute approximate surface area is 118 Å². The van der Waals surface area contributed by atoms with E-state index in [1.54, 1.807) is 0 Å². The smallest absolute Gasteiger partial charge is 0.292 e. The molecule has 0 rings (SSSR count). The van der Waals surface area contributed by atoms with Crippen LogP contribution in [0.15, 0.2) is 0 Å². The minimum atomic E-state index is -3.92. The van der Waals surface area contributed by atoms with Crippen molar-refractivity contribution in [3.8, 4) is 0 Å². The van der Waals surface area contributed by atoms with E-state index in [0.717, 1.165) is 12.8 Å². The molecule has 0 aliphatic rings. The maximum absolute atomic E-state index is 11.8. The predicted octanol–water partition coefficient (Wildman–Crippen LogP) is 0.612. The molecule has 0 spiro atoms. The lowest BCUT2D eigenvalue weighted by Crippen LogP contribution is -2.42. The van der Waals surface area contributed by atoms with E-state index in [-0.39, 0.29) is 19.7 Å². The van der Waals surface area contributed by atoms with Gasteiger partial charge in [0, 0.05) is 19.7 Å². The van der Waals surface area contributed by atoms with Crippen molar-refractivity contribution >= 4 is 21.5 Å². The Balaban J connectivity index is 4.29. The number of unbranched alkanes of at least 4 members (excludes halogenated alkanes) is 4. The monoisotopic (exact) mass is 316 g/mol. The summed E-state index contributed by atoms with van der Waals surface area (Å²) in [6.07, 6.45) is 4.17. The van der Waals surface area contributed by atoms with Crippen LogP contribution in [-0.2, 0) is 21.5 Å². The van der Waals surface area contributed by atoms with Crippen molar-refractivity contribution in [2.45, 2.75) is 45.4 Å². The molecule has 0 radical (unpaired) electrons. The van der Waals surface area contributed by atoms with Gasteiger partial charge in [-0.1, -0.05) is 23.5 Å². The molecule has 0 aliphatic heterocycles. The molecule has 0 saturated carbocycles. The SMILES string of the molecule is CCCCCNS(=O)(=O)N(CCCCCO)S(=O)O.